The van der Waals surface area contributed by atoms with Crippen LogP contribution in [-0.4, -0.2) is 46.4 Å². The van der Waals surface area contributed by atoms with E-state index in [2.05, 4.69) is 5.32 Å². The van der Waals surface area contributed by atoms with Crippen LogP contribution in [0.25, 0.3) is 0 Å². The van der Waals surface area contributed by atoms with E-state index in [9.17, 15) is 15.0 Å². The topological polar surface area (TPSA) is 98.8 Å². The molecule has 0 aromatic heterocycles. The minimum atomic E-state index is -0.869. The molecular formula is C12H17N3O3. The van der Waals surface area contributed by atoms with Crippen LogP contribution in [0.3, 0.4) is 0 Å². The summed E-state index contributed by atoms with van der Waals surface area (Å²) in [5.41, 5.74) is 7.10. The fraction of sp³-hybridized carbons (Fsp3) is 0.417. The van der Waals surface area contributed by atoms with Gasteiger partial charge in [-0.05, 0) is 17.7 Å². The van der Waals surface area contributed by atoms with Crippen molar-refractivity contribution < 1.29 is 15.0 Å². The van der Waals surface area contributed by atoms with E-state index in [4.69, 9.17) is 5.73 Å². The Bertz CT molecular complexity index is 428. The third-order valence-corrected chi connectivity index (χ3v) is 2.96. The number of hydrogen-bond donors (Lipinski definition) is 4. The number of hydrogen-bond acceptors (Lipinski definition) is 4. The lowest BCUT2D eigenvalue weighted by Crippen LogP contribution is -2.33. The van der Waals surface area contributed by atoms with Gasteiger partial charge in [0.1, 0.15) is 0 Å². The average molecular weight is 251 g/mol. The van der Waals surface area contributed by atoms with Crippen LogP contribution in [0, 0.1) is 0 Å². The maximum absolute atomic E-state index is 11.9. The SMILES string of the molecule is NCc1cccc(NC(=O)N2CC(O)C(O)C2)c1. The maximum atomic E-state index is 11.9. The van der Waals surface area contributed by atoms with Gasteiger partial charge in [-0.25, -0.2) is 4.79 Å². The number of carbonyl (C=O) groups excluding carboxylic acids is 1. The number of amides is 2. The molecule has 2 unspecified atom stereocenters. The van der Waals surface area contributed by atoms with Crippen molar-refractivity contribution in [2.45, 2.75) is 18.8 Å². The zero-order chi connectivity index (χ0) is 13.1. The van der Waals surface area contributed by atoms with Crippen LogP contribution in [-0.2, 0) is 6.54 Å². The van der Waals surface area contributed by atoms with Gasteiger partial charge in [-0.1, -0.05) is 12.1 Å². The lowest BCUT2D eigenvalue weighted by atomic mass is 10.2. The van der Waals surface area contributed by atoms with Crippen LogP contribution < -0.4 is 11.1 Å². The van der Waals surface area contributed by atoms with Gasteiger partial charge in [0.2, 0.25) is 0 Å². The van der Waals surface area contributed by atoms with Crippen LogP contribution in [0.4, 0.5) is 10.5 Å². The summed E-state index contributed by atoms with van der Waals surface area (Å²) >= 11 is 0. The highest BCUT2D eigenvalue weighted by atomic mass is 16.3. The first-order chi connectivity index (χ1) is 8.60. The highest BCUT2D eigenvalue weighted by Crippen LogP contribution is 2.14. The van der Waals surface area contributed by atoms with Gasteiger partial charge in [-0.3, -0.25) is 0 Å². The number of carbonyl (C=O) groups is 1. The fourth-order valence-corrected chi connectivity index (χ4v) is 1.91. The molecule has 0 radical (unpaired) electrons. The van der Waals surface area contributed by atoms with E-state index in [1.807, 2.05) is 12.1 Å². The molecule has 2 amide bonds. The third kappa shape index (κ3) is 2.79. The van der Waals surface area contributed by atoms with Crippen molar-refractivity contribution in [1.82, 2.24) is 4.90 Å². The van der Waals surface area contributed by atoms with Crippen LogP contribution in [0.1, 0.15) is 5.56 Å². The van der Waals surface area contributed by atoms with Crippen molar-refractivity contribution in [1.29, 1.82) is 0 Å². The highest BCUT2D eigenvalue weighted by molar-refractivity contribution is 5.89. The van der Waals surface area contributed by atoms with E-state index < -0.39 is 12.2 Å². The molecule has 0 spiro atoms. The minimum Gasteiger partial charge on any atom is -0.388 e. The number of anilines is 1. The Hall–Kier alpha value is -1.63. The molecule has 18 heavy (non-hydrogen) atoms. The van der Waals surface area contributed by atoms with E-state index in [1.165, 1.54) is 4.90 Å². The molecule has 1 aromatic rings. The Labute approximate surface area is 105 Å². The Kier molecular flexibility index (Phi) is 3.81. The Morgan fingerprint density at radius 2 is 2.06 bits per heavy atom. The van der Waals surface area contributed by atoms with Gasteiger partial charge in [0.05, 0.1) is 25.3 Å². The molecule has 0 aliphatic carbocycles. The van der Waals surface area contributed by atoms with E-state index in [-0.39, 0.29) is 19.1 Å². The molecule has 6 heteroatoms. The number of β-amino-alcohol motifs (C(OH)–C–C–N with tert-alkyl or cyclic N) is 2. The van der Waals surface area contributed by atoms with Crippen LogP contribution in [0.2, 0.25) is 0 Å². The Morgan fingerprint density at radius 3 is 2.67 bits per heavy atom. The molecule has 1 fully saturated rings. The molecule has 1 aromatic carbocycles. The van der Waals surface area contributed by atoms with Gasteiger partial charge in [0.15, 0.2) is 0 Å². The number of likely N-dealkylation sites (tertiary alicyclic amines) is 1. The summed E-state index contributed by atoms with van der Waals surface area (Å²) in [7, 11) is 0. The molecule has 1 aliphatic rings. The number of nitrogens with one attached hydrogen (secondary N) is 1. The number of rotatable bonds is 2. The molecule has 1 heterocycles. The molecule has 6 nitrogen and oxygen atoms in total. The van der Waals surface area contributed by atoms with Crippen LogP contribution in [0.5, 0.6) is 0 Å². The van der Waals surface area contributed by atoms with Gasteiger partial charge in [0, 0.05) is 12.2 Å². The first kappa shape index (κ1) is 12.8. The number of aliphatic hydroxyl groups excluding tert-OH is 2. The van der Waals surface area contributed by atoms with Crippen LogP contribution >= 0.6 is 0 Å². The quantitative estimate of drug-likeness (QED) is 0.580. The van der Waals surface area contributed by atoms with Crippen molar-refractivity contribution in [2.24, 2.45) is 5.73 Å². The molecule has 5 N–H and O–H groups in total. The summed E-state index contributed by atoms with van der Waals surface area (Å²) in [5, 5.41) is 21.5. The maximum Gasteiger partial charge on any atom is 0.322 e. The summed E-state index contributed by atoms with van der Waals surface area (Å²) in [6, 6.07) is 6.91. The van der Waals surface area contributed by atoms with E-state index in [0.717, 1.165) is 5.56 Å². The molecule has 2 atom stereocenters. The molecule has 0 saturated carbocycles. The number of aliphatic hydroxyl groups is 2. The Morgan fingerprint density at radius 1 is 1.39 bits per heavy atom. The first-order valence-corrected chi connectivity index (χ1v) is 5.81. The highest BCUT2D eigenvalue weighted by Gasteiger charge is 2.32. The minimum absolute atomic E-state index is 0.142. The van der Waals surface area contributed by atoms with Crippen molar-refractivity contribution in [3.63, 3.8) is 0 Å². The van der Waals surface area contributed by atoms with Crippen LogP contribution in [0.15, 0.2) is 24.3 Å². The van der Waals surface area contributed by atoms with Gasteiger partial charge in [-0.15, -0.1) is 0 Å². The van der Waals surface area contributed by atoms with Crippen molar-refractivity contribution in [2.75, 3.05) is 18.4 Å². The number of nitrogens with zero attached hydrogens (tertiary/aromatic N) is 1. The lowest BCUT2D eigenvalue weighted by molar-refractivity contribution is 0.0572. The molecule has 1 aliphatic heterocycles. The molecule has 2 rings (SSSR count). The standard InChI is InChI=1S/C12H17N3O3/c13-5-8-2-1-3-9(4-8)14-12(18)15-6-10(16)11(17)7-15/h1-4,10-11,16-17H,5-7,13H2,(H,14,18). The van der Waals surface area contributed by atoms with E-state index in [1.54, 1.807) is 12.1 Å². The molecule has 1 saturated heterocycles. The van der Waals surface area contributed by atoms with E-state index >= 15 is 0 Å². The van der Waals surface area contributed by atoms with E-state index in [0.29, 0.717) is 12.2 Å². The zero-order valence-electron chi connectivity index (χ0n) is 9.91. The normalized spacial score (nSPS) is 23.2. The number of benzene rings is 1. The van der Waals surface area contributed by atoms with Crippen molar-refractivity contribution in [3.05, 3.63) is 29.8 Å². The van der Waals surface area contributed by atoms with Gasteiger partial charge >= 0.3 is 6.03 Å². The zero-order valence-corrected chi connectivity index (χ0v) is 9.91. The largest absolute Gasteiger partial charge is 0.388 e. The summed E-state index contributed by atoms with van der Waals surface area (Å²) in [5.74, 6) is 0. The monoisotopic (exact) mass is 251 g/mol. The second kappa shape index (κ2) is 5.34. The lowest BCUT2D eigenvalue weighted by Gasteiger charge is -2.16. The predicted octanol–water partition coefficient (Wildman–Crippen LogP) is -0.285. The predicted molar refractivity (Wildman–Crippen MR) is 66.9 cm³/mol. The van der Waals surface area contributed by atoms with Crippen molar-refractivity contribution in [3.8, 4) is 0 Å². The second-order valence-corrected chi connectivity index (χ2v) is 4.37. The molecule has 0 bridgehead atoms. The summed E-state index contributed by atoms with van der Waals surface area (Å²) in [4.78, 5) is 13.2. The summed E-state index contributed by atoms with van der Waals surface area (Å²) in [6.45, 7) is 0.692. The number of urea groups is 1. The smallest absolute Gasteiger partial charge is 0.322 e. The second-order valence-electron chi connectivity index (χ2n) is 4.37. The number of nitrogens with two attached hydrogens (primary N) is 1. The molecule has 98 valence electrons. The first-order valence-electron chi connectivity index (χ1n) is 5.81. The average Bonchev–Trinajstić information content (AvgIpc) is 2.70. The van der Waals surface area contributed by atoms with Gasteiger partial charge in [-0.2, -0.15) is 0 Å². The van der Waals surface area contributed by atoms with Crippen molar-refractivity contribution >= 4 is 11.7 Å². The Balaban J connectivity index is 1.99. The van der Waals surface area contributed by atoms with Gasteiger partial charge in [0.25, 0.3) is 0 Å². The molecular weight excluding hydrogens is 234 g/mol. The summed E-state index contributed by atoms with van der Waals surface area (Å²) < 4.78 is 0. The van der Waals surface area contributed by atoms with Gasteiger partial charge < -0.3 is 26.2 Å². The third-order valence-electron chi connectivity index (χ3n) is 2.96. The fourth-order valence-electron chi connectivity index (χ4n) is 1.91. The summed E-state index contributed by atoms with van der Waals surface area (Å²) in [6.07, 6.45) is -1.74.